The number of hydrogen-bond donors (Lipinski definition) is 1. The Kier molecular flexibility index (Phi) is 4.34. The number of hydrogen-bond acceptors (Lipinski definition) is 3. The highest BCUT2D eigenvalue weighted by Gasteiger charge is 2.38. The maximum absolute atomic E-state index is 13.3. The van der Waals surface area contributed by atoms with Crippen molar-refractivity contribution >= 4 is 27.0 Å². The molecule has 1 amide bonds. The molecular weight excluding hydrogens is 409 g/mol. The molecule has 152 valence electrons. The Morgan fingerprint density at radius 1 is 1.07 bits per heavy atom. The molecule has 0 atom stereocenters. The van der Waals surface area contributed by atoms with E-state index in [9.17, 15) is 26.4 Å². The predicted octanol–water partition coefficient (Wildman–Crippen LogP) is 3.97. The van der Waals surface area contributed by atoms with Gasteiger partial charge in [0.15, 0.2) is 0 Å². The van der Waals surface area contributed by atoms with Crippen molar-refractivity contribution in [3.05, 3.63) is 65.9 Å². The molecule has 2 aromatic carbocycles. The molecule has 6 nitrogen and oxygen atoms in total. The van der Waals surface area contributed by atoms with E-state index in [1.54, 1.807) is 12.1 Å². The van der Waals surface area contributed by atoms with Crippen LogP contribution in [0.4, 0.5) is 18.0 Å². The zero-order valence-corrected chi connectivity index (χ0v) is 15.6. The molecule has 1 N–H and O–H groups in total. The highest BCUT2D eigenvalue weighted by atomic mass is 32.2. The van der Waals surface area contributed by atoms with E-state index in [1.165, 1.54) is 29.3 Å². The summed E-state index contributed by atoms with van der Waals surface area (Å²) in [6.07, 6.45) is -4.58. The third-order valence-corrected chi connectivity index (χ3v) is 6.78. The van der Waals surface area contributed by atoms with E-state index < -0.39 is 32.8 Å². The molecule has 1 aromatic heterocycles. The number of likely N-dealkylation sites (tertiary alicyclic amines) is 1. The first-order valence-corrected chi connectivity index (χ1v) is 10.0. The second-order valence-electron chi connectivity index (χ2n) is 6.81. The number of nitrogens with zero attached hydrogens (tertiary/aromatic N) is 2. The van der Waals surface area contributed by atoms with Crippen LogP contribution in [-0.4, -0.2) is 41.6 Å². The van der Waals surface area contributed by atoms with E-state index in [4.69, 9.17) is 5.11 Å². The molecule has 0 aliphatic carbocycles. The number of aromatic nitrogens is 1. The van der Waals surface area contributed by atoms with Crippen molar-refractivity contribution in [2.75, 3.05) is 13.1 Å². The molecule has 1 aliphatic rings. The first-order valence-electron chi connectivity index (χ1n) is 8.60. The summed E-state index contributed by atoms with van der Waals surface area (Å²) in [5, 5.41) is 9.47. The SMILES string of the molecule is O=C(O)N1CC(c2ccc3c(ccn3S(=O)(=O)c3ccccc3C(F)(F)F)c2)C1. The van der Waals surface area contributed by atoms with Crippen molar-refractivity contribution in [3.63, 3.8) is 0 Å². The van der Waals surface area contributed by atoms with Gasteiger partial charge in [-0.05, 0) is 35.9 Å². The van der Waals surface area contributed by atoms with Crippen molar-refractivity contribution in [3.8, 4) is 0 Å². The Morgan fingerprint density at radius 3 is 2.41 bits per heavy atom. The summed E-state index contributed by atoms with van der Waals surface area (Å²) in [5.41, 5.74) is -0.123. The van der Waals surface area contributed by atoms with Gasteiger partial charge in [0.25, 0.3) is 10.0 Å². The fourth-order valence-corrected chi connectivity index (χ4v) is 5.05. The number of benzene rings is 2. The van der Waals surface area contributed by atoms with Crippen LogP contribution in [0.2, 0.25) is 0 Å². The first kappa shape index (κ1) is 19.3. The number of carboxylic acid groups (broad SMARTS) is 1. The van der Waals surface area contributed by atoms with Crippen LogP contribution in [-0.2, 0) is 16.2 Å². The van der Waals surface area contributed by atoms with Crippen LogP contribution >= 0.6 is 0 Å². The lowest BCUT2D eigenvalue weighted by Gasteiger charge is -2.37. The monoisotopic (exact) mass is 424 g/mol. The fraction of sp³-hybridized carbons (Fsp3) is 0.211. The minimum absolute atomic E-state index is 0.00131. The van der Waals surface area contributed by atoms with Crippen molar-refractivity contribution in [2.24, 2.45) is 0 Å². The highest BCUT2D eigenvalue weighted by molar-refractivity contribution is 7.90. The van der Waals surface area contributed by atoms with Gasteiger partial charge >= 0.3 is 12.3 Å². The quantitative estimate of drug-likeness (QED) is 0.690. The molecule has 0 radical (unpaired) electrons. The Hall–Kier alpha value is -3.01. The van der Waals surface area contributed by atoms with Crippen LogP contribution in [0, 0.1) is 0 Å². The van der Waals surface area contributed by atoms with Crippen LogP contribution in [0.15, 0.2) is 59.6 Å². The Labute approximate surface area is 163 Å². The van der Waals surface area contributed by atoms with Crippen LogP contribution in [0.3, 0.4) is 0 Å². The average molecular weight is 424 g/mol. The molecule has 1 fully saturated rings. The molecule has 2 heterocycles. The minimum atomic E-state index is -4.81. The van der Waals surface area contributed by atoms with E-state index in [2.05, 4.69) is 0 Å². The van der Waals surface area contributed by atoms with Crippen LogP contribution < -0.4 is 0 Å². The van der Waals surface area contributed by atoms with Crippen LogP contribution in [0.5, 0.6) is 0 Å². The van der Waals surface area contributed by atoms with Gasteiger partial charge in [-0.3, -0.25) is 0 Å². The molecule has 3 aromatic rings. The second-order valence-corrected chi connectivity index (χ2v) is 8.60. The number of rotatable bonds is 3. The van der Waals surface area contributed by atoms with Gasteiger partial charge in [0.2, 0.25) is 0 Å². The molecule has 0 unspecified atom stereocenters. The molecule has 0 saturated carbocycles. The Bertz CT molecular complexity index is 1210. The van der Waals surface area contributed by atoms with Gasteiger partial charge in [-0.2, -0.15) is 13.2 Å². The molecule has 1 aliphatic heterocycles. The van der Waals surface area contributed by atoms with Gasteiger partial charge in [0, 0.05) is 30.6 Å². The van der Waals surface area contributed by atoms with Crippen molar-refractivity contribution in [1.82, 2.24) is 8.87 Å². The topological polar surface area (TPSA) is 79.6 Å². The summed E-state index contributed by atoms with van der Waals surface area (Å²) in [6, 6.07) is 10.5. The molecule has 29 heavy (non-hydrogen) atoms. The summed E-state index contributed by atoms with van der Waals surface area (Å²) < 4.78 is 66.6. The number of halogens is 3. The van der Waals surface area contributed by atoms with Gasteiger partial charge < -0.3 is 10.0 Å². The summed E-state index contributed by atoms with van der Waals surface area (Å²) in [4.78, 5) is 11.3. The van der Waals surface area contributed by atoms with E-state index in [-0.39, 0.29) is 11.4 Å². The maximum atomic E-state index is 13.3. The molecule has 0 bridgehead atoms. The lowest BCUT2D eigenvalue weighted by molar-refractivity contribution is -0.139. The molecule has 4 rings (SSSR count). The van der Waals surface area contributed by atoms with E-state index in [0.29, 0.717) is 18.5 Å². The van der Waals surface area contributed by atoms with Gasteiger partial charge in [-0.15, -0.1) is 0 Å². The molecular formula is C19H15F3N2O4S. The smallest absolute Gasteiger partial charge is 0.417 e. The van der Waals surface area contributed by atoms with Crippen molar-refractivity contribution in [1.29, 1.82) is 0 Å². The second kappa shape index (κ2) is 6.51. The Balaban J connectivity index is 1.73. The predicted molar refractivity (Wildman–Crippen MR) is 98.3 cm³/mol. The average Bonchev–Trinajstić information content (AvgIpc) is 3.03. The standard InChI is InChI=1S/C19H15F3N2O4S/c20-19(21,22)15-3-1-2-4-17(15)29(27,28)24-8-7-13-9-12(5-6-16(13)24)14-10-23(11-14)18(25)26/h1-9,14H,10-11H2,(H,25,26). The minimum Gasteiger partial charge on any atom is -0.465 e. The highest BCUT2D eigenvalue weighted by Crippen LogP contribution is 2.36. The van der Waals surface area contributed by atoms with Gasteiger partial charge in [0.1, 0.15) is 4.90 Å². The van der Waals surface area contributed by atoms with Gasteiger partial charge in [-0.25, -0.2) is 17.2 Å². The van der Waals surface area contributed by atoms with E-state index in [0.717, 1.165) is 27.7 Å². The zero-order chi connectivity index (χ0) is 21.0. The third kappa shape index (κ3) is 3.23. The lowest BCUT2D eigenvalue weighted by Crippen LogP contribution is -2.47. The maximum Gasteiger partial charge on any atom is 0.417 e. The largest absolute Gasteiger partial charge is 0.465 e. The fourth-order valence-electron chi connectivity index (χ4n) is 3.48. The summed E-state index contributed by atoms with van der Waals surface area (Å²) in [6.45, 7) is 0.692. The van der Waals surface area contributed by atoms with Gasteiger partial charge in [0.05, 0.1) is 11.1 Å². The first-order chi connectivity index (χ1) is 13.6. The summed E-state index contributed by atoms with van der Waals surface area (Å²) in [5.74, 6) is 0.00131. The zero-order valence-electron chi connectivity index (χ0n) is 14.8. The number of alkyl halides is 3. The number of fused-ring (bicyclic) bond motifs is 1. The van der Waals surface area contributed by atoms with Crippen LogP contribution in [0.25, 0.3) is 10.9 Å². The lowest BCUT2D eigenvalue weighted by atomic mass is 9.91. The summed E-state index contributed by atoms with van der Waals surface area (Å²) >= 11 is 0. The van der Waals surface area contributed by atoms with E-state index in [1.807, 2.05) is 0 Å². The third-order valence-electron chi connectivity index (χ3n) is 5.03. The Morgan fingerprint density at radius 2 is 1.76 bits per heavy atom. The summed E-state index contributed by atoms with van der Waals surface area (Å²) in [7, 11) is -4.47. The number of carbonyl (C=O) groups is 1. The number of amides is 1. The normalized spacial score (nSPS) is 15.5. The van der Waals surface area contributed by atoms with Crippen LogP contribution in [0.1, 0.15) is 17.0 Å². The van der Waals surface area contributed by atoms with Gasteiger partial charge in [-0.1, -0.05) is 18.2 Å². The molecule has 10 heteroatoms. The van der Waals surface area contributed by atoms with Crippen molar-refractivity contribution in [2.45, 2.75) is 17.0 Å². The van der Waals surface area contributed by atoms with Crippen molar-refractivity contribution < 1.29 is 31.5 Å². The van der Waals surface area contributed by atoms with E-state index >= 15 is 0 Å². The molecule has 1 saturated heterocycles. The molecule has 0 spiro atoms.